The number of carbonyl (C=O) groups is 1. The lowest BCUT2D eigenvalue weighted by atomic mass is 10.1. The van der Waals surface area contributed by atoms with Gasteiger partial charge in [-0.15, -0.1) is 0 Å². The van der Waals surface area contributed by atoms with Crippen LogP contribution < -0.4 is 14.8 Å². The number of hydrogen-bond donors (Lipinski definition) is 2. The number of methoxy groups -OCH3 is 1. The second-order valence-corrected chi connectivity index (χ2v) is 10.3. The minimum absolute atomic E-state index is 0.0571. The Morgan fingerprint density at radius 1 is 1.07 bits per heavy atom. The number of benzene rings is 2. The van der Waals surface area contributed by atoms with Crippen LogP contribution in [0.1, 0.15) is 16.8 Å². The van der Waals surface area contributed by atoms with Crippen molar-refractivity contribution in [3.63, 3.8) is 0 Å². The molecule has 1 heterocycles. The first-order valence-electron chi connectivity index (χ1n) is 8.47. The lowest BCUT2D eigenvalue weighted by Gasteiger charge is -2.12. The molecule has 0 aliphatic carbocycles. The van der Waals surface area contributed by atoms with Gasteiger partial charge in [-0.2, -0.15) is 0 Å². The van der Waals surface area contributed by atoms with Crippen LogP contribution in [0.5, 0.6) is 5.75 Å². The first kappa shape index (κ1) is 20.2. The average molecular weight is 425 g/mol. The molecule has 0 unspecified atom stereocenters. The summed E-state index contributed by atoms with van der Waals surface area (Å²) in [4.78, 5) is 12.3. The zero-order chi connectivity index (χ0) is 20.4. The Balaban J connectivity index is 1.65. The van der Waals surface area contributed by atoms with Crippen molar-refractivity contribution >= 4 is 31.5 Å². The summed E-state index contributed by atoms with van der Waals surface area (Å²) in [5, 5.41) is 2.69. The largest absolute Gasteiger partial charge is 0.497 e. The Kier molecular flexibility index (Phi) is 5.61. The standard InChI is InChI=1S/C18H20N2O6S2/c1-26-16-6-8-17(9-7-16)28(24,25)20-14-4-2-13(3-5-14)18(21)19-15-10-11-27(22,23)12-15/h2-9,15,20H,10-12H2,1H3,(H,19,21)/t15-/m1/s1. The molecule has 1 amide bonds. The van der Waals surface area contributed by atoms with Crippen molar-refractivity contribution < 1.29 is 26.4 Å². The van der Waals surface area contributed by atoms with E-state index in [4.69, 9.17) is 4.74 Å². The van der Waals surface area contributed by atoms with E-state index in [2.05, 4.69) is 10.0 Å². The van der Waals surface area contributed by atoms with Gasteiger partial charge >= 0.3 is 0 Å². The molecule has 1 aliphatic heterocycles. The fraction of sp³-hybridized carbons (Fsp3) is 0.278. The highest BCUT2D eigenvalue weighted by atomic mass is 32.2. The predicted octanol–water partition coefficient (Wildman–Crippen LogP) is 1.41. The minimum atomic E-state index is -3.78. The lowest BCUT2D eigenvalue weighted by molar-refractivity contribution is 0.0941. The zero-order valence-corrected chi connectivity index (χ0v) is 16.7. The fourth-order valence-corrected chi connectivity index (χ4v) is 5.57. The normalized spacial score (nSPS) is 18.4. The van der Waals surface area contributed by atoms with Crippen molar-refractivity contribution in [2.75, 3.05) is 23.3 Å². The summed E-state index contributed by atoms with van der Waals surface area (Å²) in [7, 11) is -5.37. The molecular formula is C18H20N2O6S2. The van der Waals surface area contributed by atoms with Crippen LogP contribution in [0.2, 0.25) is 0 Å². The van der Waals surface area contributed by atoms with Crippen LogP contribution in [0.4, 0.5) is 5.69 Å². The highest BCUT2D eigenvalue weighted by Gasteiger charge is 2.29. The molecule has 1 fully saturated rings. The van der Waals surface area contributed by atoms with Crippen molar-refractivity contribution in [3.05, 3.63) is 54.1 Å². The summed E-state index contributed by atoms with van der Waals surface area (Å²) in [6.45, 7) is 0. The lowest BCUT2D eigenvalue weighted by Crippen LogP contribution is -2.35. The van der Waals surface area contributed by atoms with E-state index >= 15 is 0 Å². The maximum Gasteiger partial charge on any atom is 0.261 e. The van der Waals surface area contributed by atoms with Crippen LogP contribution in [-0.4, -0.2) is 47.4 Å². The molecule has 0 saturated carbocycles. The molecule has 3 rings (SSSR count). The van der Waals surface area contributed by atoms with Crippen LogP contribution in [0.3, 0.4) is 0 Å². The Labute approximate surface area is 163 Å². The molecule has 150 valence electrons. The number of sulfonamides is 1. The quantitative estimate of drug-likeness (QED) is 0.724. The maximum absolute atomic E-state index is 12.4. The maximum atomic E-state index is 12.4. The van der Waals surface area contributed by atoms with Gasteiger partial charge in [0.15, 0.2) is 9.84 Å². The van der Waals surface area contributed by atoms with Gasteiger partial charge in [0.25, 0.3) is 15.9 Å². The molecule has 0 spiro atoms. The summed E-state index contributed by atoms with van der Waals surface area (Å²) in [5.74, 6) is 0.165. The predicted molar refractivity (Wildman–Crippen MR) is 105 cm³/mol. The average Bonchev–Trinajstić information content (AvgIpc) is 3.00. The van der Waals surface area contributed by atoms with Crippen molar-refractivity contribution in [1.82, 2.24) is 5.32 Å². The molecule has 1 saturated heterocycles. The molecule has 2 aromatic carbocycles. The number of carbonyl (C=O) groups excluding carboxylic acids is 1. The molecule has 8 nitrogen and oxygen atoms in total. The summed E-state index contributed by atoms with van der Waals surface area (Å²) in [5.41, 5.74) is 0.618. The molecule has 28 heavy (non-hydrogen) atoms. The van der Waals surface area contributed by atoms with Gasteiger partial charge in [-0.3, -0.25) is 9.52 Å². The zero-order valence-electron chi connectivity index (χ0n) is 15.1. The number of nitrogens with one attached hydrogen (secondary N) is 2. The van der Waals surface area contributed by atoms with E-state index in [0.717, 1.165) is 0 Å². The minimum Gasteiger partial charge on any atom is -0.497 e. The third-order valence-electron chi connectivity index (χ3n) is 4.34. The second kappa shape index (κ2) is 7.80. The van der Waals surface area contributed by atoms with Crippen LogP contribution >= 0.6 is 0 Å². The molecule has 10 heteroatoms. The van der Waals surface area contributed by atoms with Crippen LogP contribution in [-0.2, 0) is 19.9 Å². The Hall–Kier alpha value is -2.59. The Bertz CT molecular complexity index is 1060. The van der Waals surface area contributed by atoms with Crippen LogP contribution in [0, 0.1) is 0 Å². The number of amides is 1. The smallest absolute Gasteiger partial charge is 0.261 e. The molecular weight excluding hydrogens is 404 g/mol. The van der Waals surface area contributed by atoms with Gasteiger partial charge in [0, 0.05) is 17.3 Å². The second-order valence-electron chi connectivity index (χ2n) is 6.43. The highest BCUT2D eigenvalue weighted by molar-refractivity contribution is 7.92. The number of anilines is 1. The van der Waals surface area contributed by atoms with E-state index in [1.54, 1.807) is 12.1 Å². The van der Waals surface area contributed by atoms with Crippen molar-refractivity contribution in [2.24, 2.45) is 0 Å². The van der Waals surface area contributed by atoms with E-state index in [1.807, 2.05) is 0 Å². The molecule has 1 aliphatic rings. The third kappa shape index (κ3) is 4.82. The van der Waals surface area contributed by atoms with Crippen molar-refractivity contribution in [1.29, 1.82) is 0 Å². The van der Waals surface area contributed by atoms with E-state index in [-0.39, 0.29) is 16.4 Å². The van der Waals surface area contributed by atoms with Crippen molar-refractivity contribution in [2.45, 2.75) is 17.4 Å². The van der Waals surface area contributed by atoms with Gasteiger partial charge in [-0.05, 0) is 55.0 Å². The Morgan fingerprint density at radius 2 is 1.71 bits per heavy atom. The monoisotopic (exact) mass is 424 g/mol. The molecule has 2 aromatic rings. The number of hydrogen-bond acceptors (Lipinski definition) is 6. The van der Waals surface area contributed by atoms with Crippen LogP contribution in [0.15, 0.2) is 53.4 Å². The van der Waals surface area contributed by atoms with Gasteiger partial charge in [-0.1, -0.05) is 0 Å². The summed E-state index contributed by atoms with van der Waals surface area (Å²) in [6.07, 6.45) is 0.397. The van der Waals surface area contributed by atoms with E-state index in [0.29, 0.717) is 23.4 Å². The fourth-order valence-electron chi connectivity index (χ4n) is 2.84. The highest BCUT2D eigenvalue weighted by Crippen LogP contribution is 2.20. The molecule has 0 radical (unpaired) electrons. The molecule has 0 bridgehead atoms. The Morgan fingerprint density at radius 3 is 2.25 bits per heavy atom. The molecule has 0 aromatic heterocycles. The van der Waals surface area contributed by atoms with E-state index in [1.165, 1.54) is 43.5 Å². The molecule has 2 N–H and O–H groups in total. The molecule has 1 atom stereocenters. The summed E-state index contributed by atoms with van der Waals surface area (Å²) >= 11 is 0. The van der Waals surface area contributed by atoms with E-state index in [9.17, 15) is 21.6 Å². The first-order valence-corrected chi connectivity index (χ1v) is 11.8. The van der Waals surface area contributed by atoms with Gasteiger partial charge in [0.2, 0.25) is 0 Å². The van der Waals surface area contributed by atoms with Crippen LogP contribution in [0.25, 0.3) is 0 Å². The topological polar surface area (TPSA) is 119 Å². The summed E-state index contributed by atoms with van der Waals surface area (Å²) < 4.78 is 55.2. The number of rotatable bonds is 6. The van der Waals surface area contributed by atoms with Gasteiger partial charge in [0.1, 0.15) is 5.75 Å². The van der Waals surface area contributed by atoms with Crippen molar-refractivity contribution in [3.8, 4) is 5.75 Å². The van der Waals surface area contributed by atoms with Gasteiger partial charge < -0.3 is 10.1 Å². The van der Waals surface area contributed by atoms with Gasteiger partial charge in [0.05, 0.1) is 23.5 Å². The first-order chi connectivity index (χ1) is 13.2. The number of ether oxygens (including phenoxy) is 1. The number of sulfone groups is 1. The van der Waals surface area contributed by atoms with Gasteiger partial charge in [-0.25, -0.2) is 16.8 Å². The third-order valence-corrected chi connectivity index (χ3v) is 7.50. The SMILES string of the molecule is COc1ccc(S(=O)(=O)Nc2ccc(C(=O)N[C@@H]3CCS(=O)(=O)C3)cc2)cc1. The van der Waals surface area contributed by atoms with E-state index < -0.39 is 31.8 Å². The summed E-state index contributed by atoms with van der Waals surface area (Å²) in [6, 6.07) is 11.5.